The van der Waals surface area contributed by atoms with Gasteiger partial charge in [0.25, 0.3) is 0 Å². The Hall–Kier alpha value is -0.150. The molecule has 1 spiro atoms. The molecule has 0 aromatic rings. The molecule has 2 aliphatic rings. The molecule has 0 atom stereocenters. The molecule has 18 heavy (non-hydrogen) atoms. The second-order valence-corrected chi connectivity index (χ2v) is 6.24. The molecule has 2 fully saturated rings. The van der Waals surface area contributed by atoms with E-state index in [1.165, 1.54) is 32.1 Å². The predicted octanol–water partition coefficient (Wildman–Crippen LogP) is 3.12. The SMILES string of the molecule is CCC1(CC)CNC2(CCCCC2)CN1CCF. The molecule has 2 nitrogen and oxygen atoms in total. The summed E-state index contributed by atoms with van der Waals surface area (Å²) in [4.78, 5) is 2.45. The van der Waals surface area contributed by atoms with Crippen molar-refractivity contribution < 1.29 is 4.39 Å². The number of rotatable bonds is 4. The van der Waals surface area contributed by atoms with Crippen LogP contribution in [-0.4, -0.2) is 42.3 Å². The van der Waals surface area contributed by atoms with Gasteiger partial charge in [0, 0.05) is 30.7 Å². The highest BCUT2D eigenvalue weighted by molar-refractivity contribution is 5.05. The molecule has 1 aliphatic heterocycles. The Morgan fingerprint density at radius 1 is 1.11 bits per heavy atom. The van der Waals surface area contributed by atoms with Crippen LogP contribution >= 0.6 is 0 Å². The summed E-state index contributed by atoms with van der Waals surface area (Å²) >= 11 is 0. The van der Waals surface area contributed by atoms with E-state index in [0.717, 1.165) is 25.9 Å². The minimum absolute atomic E-state index is 0.189. The van der Waals surface area contributed by atoms with Crippen LogP contribution in [0.1, 0.15) is 58.8 Å². The zero-order valence-corrected chi connectivity index (χ0v) is 12.1. The molecule has 1 saturated carbocycles. The lowest BCUT2D eigenvalue weighted by molar-refractivity contribution is -0.0170. The van der Waals surface area contributed by atoms with Crippen LogP contribution in [0.2, 0.25) is 0 Å². The maximum Gasteiger partial charge on any atom is 0.102 e. The maximum absolute atomic E-state index is 12.9. The van der Waals surface area contributed by atoms with Crippen molar-refractivity contribution in [3.05, 3.63) is 0 Å². The number of alkyl halides is 1. The molecule has 2 rings (SSSR count). The van der Waals surface area contributed by atoms with Gasteiger partial charge in [-0.05, 0) is 25.7 Å². The van der Waals surface area contributed by atoms with Gasteiger partial charge in [0.2, 0.25) is 0 Å². The number of halogens is 1. The largest absolute Gasteiger partial charge is 0.308 e. The zero-order chi connectivity index (χ0) is 13.1. The third-order valence-electron chi connectivity index (χ3n) is 5.44. The predicted molar refractivity (Wildman–Crippen MR) is 74.7 cm³/mol. The van der Waals surface area contributed by atoms with Crippen molar-refractivity contribution in [1.29, 1.82) is 0 Å². The van der Waals surface area contributed by atoms with E-state index in [1.807, 2.05) is 0 Å². The van der Waals surface area contributed by atoms with E-state index in [-0.39, 0.29) is 12.2 Å². The smallest absolute Gasteiger partial charge is 0.102 e. The fourth-order valence-corrected chi connectivity index (χ4v) is 3.98. The van der Waals surface area contributed by atoms with Crippen LogP contribution in [0.15, 0.2) is 0 Å². The molecule has 1 N–H and O–H groups in total. The highest BCUT2D eigenvalue weighted by atomic mass is 19.1. The number of nitrogens with zero attached hydrogens (tertiary/aromatic N) is 1. The Morgan fingerprint density at radius 2 is 1.78 bits per heavy atom. The lowest BCUT2D eigenvalue weighted by Gasteiger charge is -2.55. The van der Waals surface area contributed by atoms with E-state index in [0.29, 0.717) is 12.1 Å². The van der Waals surface area contributed by atoms with Gasteiger partial charge < -0.3 is 5.32 Å². The first-order chi connectivity index (χ1) is 8.70. The summed E-state index contributed by atoms with van der Waals surface area (Å²) in [7, 11) is 0. The number of piperazine rings is 1. The molecule has 0 radical (unpaired) electrons. The van der Waals surface area contributed by atoms with Crippen molar-refractivity contribution in [3.8, 4) is 0 Å². The van der Waals surface area contributed by atoms with E-state index in [1.54, 1.807) is 0 Å². The summed E-state index contributed by atoms with van der Waals surface area (Å²) in [6.45, 7) is 6.99. The number of hydrogen-bond donors (Lipinski definition) is 1. The molecular weight excluding hydrogens is 227 g/mol. The molecular formula is C15H29FN2. The second-order valence-electron chi connectivity index (χ2n) is 6.24. The van der Waals surface area contributed by atoms with Gasteiger partial charge in [-0.3, -0.25) is 4.90 Å². The fourth-order valence-electron chi connectivity index (χ4n) is 3.98. The maximum atomic E-state index is 12.9. The first-order valence-electron chi connectivity index (χ1n) is 7.76. The van der Waals surface area contributed by atoms with E-state index in [4.69, 9.17) is 0 Å². The van der Waals surface area contributed by atoms with Gasteiger partial charge >= 0.3 is 0 Å². The van der Waals surface area contributed by atoms with Gasteiger partial charge in [-0.25, -0.2) is 4.39 Å². The first kappa shape index (κ1) is 14.3. The molecule has 1 heterocycles. The number of nitrogens with one attached hydrogen (secondary N) is 1. The van der Waals surface area contributed by atoms with Crippen LogP contribution in [0.4, 0.5) is 4.39 Å². The highest BCUT2D eigenvalue weighted by Gasteiger charge is 2.45. The molecule has 0 bridgehead atoms. The van der Waals surface area contributed by atoms with Crippen LogP contribution in [0, 0.1) is 0 Å². The van der Waals surface area contributed by atoms with Crippen LogP contribution < -0.4 is 5.32 Å². The normalized spacial score (nSPS) is 27.5. The molecule has 3 heteroatoms. The third kappa shape index (κ3) is 2.57. The van der Waals surface area contributed by atoms with Crippen LogP contribution in [-0.2, 0) is 0 Å². The van der Waals surface area contributed by atoms with Crippen LogP contribution in [0.5, 0.6) is 0 Å². The molecule has 0 unspecified atom stereocenters. The summed E-state index contributed by atoms with van der Waals surface area (Å²) in [6, 6.07) is 0. The Labute approximate surface area is 111 Å². The molecule has 0 aromatic heterocycles. The van der Waals surface area contributed by atoms with Crippen molar-refractivity contribution in [2.75, 3.05) is 26.3 Å². The van der Waals surface area contributed by atoms with E-state index < -0.39 is 0 Å². The quantitative estimate of drug-likeness (QED) is 0.831. The average molecular weight is 256 g/mol. The van der Waals surface area contributed by atoms with Crippen molar-refractivity contribution >= 4 is 0 Å². The van der Waals surface area contributed by atoms with Crippen molar-refractivity contribution in [1.82, 2.24) is 10.2 Å². The molecule has 0 amide bonds. The van der Waals surface area contributed by atoms with Crippen molar-refractivity contribution in [2.45, 2.75) is 69.9 Å². The third-order valence-corrected chi connectivity index (χ3v) is 5.44. The van der Waals surface area contributed by atoms with Crippen molar-refractivity contribution in [3.63, 3.8) is 0 Å². The fraction of sp³-hybridized carbons (Fsp3) is 1.00. The second kappa shape index (κ2) is 5.87. The van der Waals surface area contributed by atoms with Gasteiger partial charge in [-0.15, -0.1) is 0 Å². The van der Waals surface area contributed by atoms with Gasteiger partial charge in [-0.2, -0.15) is 0 Å². The first-order valence-corrected chi connectivity index (χ1v) is 7.76. The minimum Gasteiger partial charge on any atom is -0.308 e. The topological polar surface area (TPSA) is 15.3 Å². The lowest BCUT2D eigenvalue weighted by atomic mass is 9.76. The summed E-state index contributed by atoms with van der Waals surface area (Å²) < 4.78 is 12.9. The summed E-state index contributed by atoms with van der Waals surface area (Å²) in [5.74, 6) is 0. The van der Waals surface area contributed by atoms with E-state index in [9.17, 15) is 4.39 Å². The Morgan fingerprint density at radius 3 is 2.33 bits per heavy atom. The number of hydrogen-bond acceptors (Lipinski definition) is 2. The Kier molecular flexibility index (Phi) is 4.65. The van der Waals surface area contributed by atoms with E-state index >= 15 is 0 Å². The Balaban J connectivity index is 2.11. The van der Waals surface area contributed by atoms with E-state index in [2.05, 4.69) is 24.1 Å². The van der Waals surface area contributed by atoms with Crippen LogP contribution in [0.25, 0.3) is 0 Å². The Bertz CT molecular complexity index is 257. The molecule has 106 valence electrons. The molecule has 1 saturated heterocycles. The standard InChI is InChI=1S/C15H29FN2/c1-3-15(4-2)12-17-14(8-6-5-7-9-14)13-18(15)11-10-16/h17H,3-13H2,1-2H3. The van der Waals surface area contributed by atoms with Gasteiger partial charge in [0.1, 0.15) is 6.67 Å². The zero-order valence-electron chi connectivity index (χ0n) is 12.1. The highest BCUT2D eigenvalue weighted by Crippen LogP contribution is 2.36. The minimum atomic E-state index is -0.210. The lowest BCUT2D eigenvalue weighted by Crippen LogP contribution is -2.70. The van der Waals surface area contributed by atoms with Gasteiger partial charge in [-0.1, -0.05) is 33.1 Å². The van der Waals surface area contributed by atoms with Crippen LogP contribution in [0.3, 0.4) is 0 Å². The average Bonchev–Trinajstić information content (AvgIpc) is 2.41. The monoisotopic (exact) mass is 256 g/mol. The summed E-state index contributed by atoms with van der Waals surface area (Å²) in [5, 5.41) is 3.85. The van der Waals surface area contributed by atoms with Gasteiger partial charge in [0.05, 0.1) is 0 Å². The summed E-state index contributed by atoms with van der Waals surface area (Å²) in [6.07, 6.45) is 8.83. The van der Waals surface area contributed by atoms with Gasteiger partial charge in [0.15, 0.2) is 0 Å². The molecule has 0 aromatic carbocycles. The van der Waals surface area contributed by atoms with Crippen molar-refractivity contribution in [2.24, 2.45) is 0 Å². The summed E-state index contributed by atoms with van der Waals surface area (Å²) in [5.41, 5.74) is 0.482. The molecule has 1 aliphatic carbocycles.